The summed E-state index contributed by atoms with van der Waals surface area (Å²) in [5.41, 5.74) is 4.54. The van der Waals surface area contributed by atoms with Gasteiger partial charge in [-0.25, -0.2) is 0 Å². The van der Waals surface area contributed by atoms with Crippen LogP contribution in [0.1, 0.15) is 16.3 Å². The van der Waals surface area contributed by atoms with Gasteiger partial charge in [0, 0.05) is 17.1 Å². The van der Waals surface area contributed by atoms with E-state index < -0.39 is 5.92 Å². The first-order valence-electron chi connectivity index (χ1n) is 10.6. The molecule has 0 aliphatic carbocycles. The van der Waals surface area contributed by atoms with Crippen molar-refractivity contribution in [1.82, 2.24) is 14.8 Å². The highest BCUT2D eigenvalue weighted by Gasteiger charge is 2.39. The van der Waals surface area contributed by atoms with Crippen molar-refractivity contribution < 1.29 is 9.59 Å². The van der Waals surface area contributed by atoms with Crippen LogP contribution in [0.2, 0.25) is 0 Å². The highest BCUT2D eigenvalue weighted by atomic mass is 16.2. The number of hydrogen-bond acceptors (Lipinski definition) is 4. The summed E-state index contributed by atoms with van der Waals surface area (Å²) >= 11 is 0. The lowest BCUT2D eigenvalue weighted by atomic mass is 9.93. The van der Waals surface area contributed by atoms with Crippen molar-refractivity contribution in [2.75, 3.05) is 5.32 Å². The van der Waals surface area contributed by atoms with E-state index in [1.807, 2.05) is 84.9 Å². The third-order valence-electron chi connectivity index (χ3n) is 5.91. The smallest absolute Gasteiger partial charge is 0.265 e. The van der Waals surface area contributed by atoms with Crippen molar-refractivity contribution in [3.05, 3.63) is 103 Å². The lowest BCUT2D eigenvalue weighted by molar-refractivity contribution is -0.117. The number of hydrogen-bond donors (Lipinski definition) is 1. The van der Waals surface area contributed by atoms with Crippen LogP contribution in [-0.4, -0.2) is 26.6 Å². The van der Waals surface area contributed by atoms with Crippen molar-refractivity contribution in [3.8, 4) is 22.4 Å². The van der Waals surface area contributed by atoms with Gasteiger partial charge in [-0.05, 0) is 29.3 Å². The molecule has 1 N–H and O–H groups in total. The van der Waals surface area contributed by atoms with Crippen LogP contribution >= 0.6 is 0 Å². The lowest BCUT2D eigenvalue weighted by Gasteiger charge is -2.23. The Morgan fingerprint density at radius 3 is 2.27 bits per heavy atom. The number of nitrogens with zero attached hydrogens (tertiary/aromatic N) is 3. The van der Waals surface area contributed by atoms with Gasteiger partial charge in [-0.3, -0.25) is 14.6 Å². The molecule has 0 fully saturated rings. The molecule has 33 heavy (non-hydrogen) atoms. The normalized spacial score (nSPS) is 15.3. The van der Waals surface area contributed by atoms with Crippen molar-refractivity contribution in [2.45, 2.75) is 5.92 Å². The van der Waals surface area contributed by atoms with Crippen LogP contribution in [0.25, 0.3) is 33.3 Å². The second-order valence-electron chi connectivity index (χ2n) is 7.93. The number of fused-ring (bicyclic) bond motifs is 2. The summed E-state index contributed by atoms with van der Waals surface area (Å²) in [6, 6.07) is 28.5. The standard InChI is InChI=1S/C27H18N4O2/c32-26-23(20-13-14-21-19(16-20)12-7-15-28-21)27(33)31-25(29-26)22(17-8-3-1-4-9-17)24(30-31)18-10-5-2-6-11-18/h1-16,23H,(H,29,32). The molecule has 0 spiro atoms. The van der Waals surface area contributed by atoms with E-state index in [-0.39, 0.29) is 11.8 Å². The Morgan fingerprint density at radius 1 is 0.788 bits per heavy atom. The second-order valence-corrected chi connectivity index (χ2v) is 7.93. The first-order chi connectivity index (χ1) is 16.2. The number of carbonyl (C=O) groups excluding carboxylic acids is 2. The maximum Gasteiger partial charge on any atom is 0.265 e. The average molecular weight is 430 g/mol. The summed E-state index contributed by atoms with van der Waals surface area (Å²) in [7, 11) is 0. The van der Waals surface area contributed by atoms with E-state index in [0.717, 1.165) is 27.6 Å². The fourth-order valence-electron chi connectivity index (χ4n) is 4.36. The minimum Gasteiger partial charge on any atom is -0.309 e. The van der Waals surface area contributed by atoms with Crippen molar-refractivity contribution in [3.63, 3.8) is 0 Å². The molecule has 6 rings (SSSR count). The van der Waals surface area contributed by atoms with Crippen LogP contribution in [0, 0.1) is 0 Å². The molecule has 0 radical (unpaired) electrons. The average Bonchev–Trinajstić information content (AvgIpc) is 3.24. The fraction of sp³-hybridized carbons (Fsp3) is 0.0370. The Morgan fingerprint density at radius 2 is 1.52 bits per heavy atom. The van der Waals surface area contributed by atoms with Crippen LogP contribution < -0.4 is 5.32 Å². The molecule has 0 saturated heterocycles. The molecule has 6 heteroatoms. The number of benzene rings is 3. The van der Waals surface area contributed by atoms with Crippen molar-refractivity contribution >= 4 is 28.5 Å². The molecule has 2 aromatic heterocycles. The number of aromatic nitrogens is 3. The summed E-state index contributed by atoms with van der Waals surface area (Å²) in [4.78, 5) is 31.2. The summed E-state index contributed by atoms with van der Waals surface area (Å²) in [6.45, 7) is 0. The number of amides is 1. The van der Waals surface area contributed by atoms with Gasteiger partial charge >= 0.3 is 0 Å². The first kappa shape index (κ1) is 19.1. The number of anilines is 1. The molecular weight excluding hydrogens is 412 g/mol. The van der Waals surface area contributed by atoms with Gasteiger partial charge in [0.05, 0.1) is 11.1 Å². The SMILES string of the molecule is O=C1Nc2c(-c3ccccc3)c(-c3ccccc3)nn2C(=O)C1c1ccc2ncccc2c1. The number of carbonyl (C=O) groups is 2. The molecule has 6 nitrogen and oxygen atoms in total. The monoisotopic (exact) mass is 430 g/mol. The van der Waals surface area contributed by atoms with Gasteiger partial charge in [-0.15, -0.1) is 0 Å². The molecule has 3 heterocycles. The Hall–Kier alpha value is -4.58. The van der Waals surface area contributed by atoms with Gasteiger partial charge in [0.2, 0.25) is 5.91 Å². The number of rotatable bonds is 3. The predicted octanol–water partition coefficient (Wildman–Crippen LogP) is 5.14. The maximum absolute atomic E-state index is 13.6. The summed E-state index contributed by atoms with van der Waals surface area (Å²) in [5.74, 6) is -1.34. The zero-order valence-corrected chi connectivity index (χ0v) is 17.5. The molecule has 5 aromatic rings. The van der Waals surface area contributed by atoms with E-state index in [1.165, 1.54) is 4.68 Å². The van der Waals surface area contributed by atoms with Gasteiger partial charge in [0.15, 0.2) is 0 Å². The maximum atomic E-state index is 13.6. The Bertz CT molecular complexity index is 1520. The Kier molecular flexibility index (Phi) is 4.36. The van der Waals surface area contributed by atoms with Crippen LogP contribution in [0.5, 0.6) is 0 Å². The molecule has 1 aliphatic rings. The van der Waals surface area contributed by atoms with Crippen LogP contribution in [-0.2, 0) is 4.79 Å². The quantitative estimate of drug-likeness (QED) is 0.402. The van der Waals surface area contributed by atoms with Gasteiger partial charge < -0.3 is 5.32 Å². The summed E-state index contributed by atoms with van der Waals surface area (Å²) in [5, 5.41) is 8.53. The van der Waals surface area contributed by atoms with Crippen molar-refractivity contribution in [2.24, 2.45) is 0 Å². The molecule has 1 amide bonds. The highest BCUT2D eigenvalue weighted by Crippen LogP contribution is 2.41. The molecule has 1 aliphatic heterocycles. The second kappa shape index (κ2) is 7.53. The van der Waals surface area contributed by atoms with Gasteiger partial charge in [0.25, 0.3) is 5.91 Å². The Balaban J connectivity index is 1.53. The van der Waals surface area contributed by atoms with Gasteiger partial charge in [-0.2, -0.15) is 9.78 Å². The largest absolute Gasteiger partial charge is 0.309 e. The van der Waals surface area contributed by atoms with Gasteiger partial charge in [0.1, 0.15) is 17.4 Å². The van der Waals surface area contributed by atoms with E-state index in [9.17, 15) is 9.59 Å². The van der Waals surface area contributed by atoms with E-state index in [2.05, 4.69) is 10.3 Å². The Labute approximate surface area is 189 Å². The lowest BCUT2D eigenvalue weighted by Crippen LogP contribution is -2.38. The first-order valence-corrected chi connectivity index (χ1v) is 10.6. The minimum atomic E-state index is -0.991. The van der Waals surface area contributed by atoms with Crippen LogP contribution in [0.4, 0.5) is 5.82 Å². The van der Waals surface area contributed by atoms with Crippen LogP contribution in [0.3, 0.4) is 0 Å². The zero-order valence-electron chi connectivity index (χ0n) is 17.5. The molecular formula is C27H18N4O2. The van der Waals surface area contributed by atoms with Crippen molar-refractivity contribution in [1.29, 1.82) is 0 Å². The molecule has 0 saturated carbocycles. The molecule has 158 valence electrons. The number of pyridine rings is 1. The van der Waals surface area contributed by atoms with E-state index in [4.69, 9.17) is 5.10 Å². The summed E-state index contributed by atoms with van der Waals surface area (Å²) in [6.07, 6.45) is 1.71. The fourth-order valence-corrected chi connectivity index (χ4v) is 4.36. The minimum absolute atomic E-state index is 0.368. The van der Waals surface area contributed by atoms with Gasteiger partial charge in [-0.1, -0.05) is 72.8 Å². The molecule has 0 bridgehead atoms. The van der Waals surface area contributed by atoms with E-state index in [1.54, 1.807) is 12.3 Å². The third-order valence-corrected chi connectivity index (χ3v) is 5.91. The molecule has 3 aromatic carbocycles. The summed E-state index contributed by atoms with van der Waals surface area (Å²) < 4.78 is 1.34. The zero-order chi connectivity index (χ0) is 22.4. The predicted molar refractivity (Wildman–Crippen MR) is 127 cm³/mol. The molecule has 1 unspecified atom stereocenters. The topological polar surface area (TPSA) is 76.9 Å². The van der Waals surface area contributed by atoms with E-state index in [0.29, 0.717) is 17.1 Å². The third kappa shape index (κ3) is 3.11. The highest BCUT2D eigenvalue weighted by molar-refractivity contribution is 6.18. The van der Waals surface area contributed by atoms with E-state index >= 15 is 0 Å². The molecule has 1 atom stereocenters. The number of nitrogens with one attached hydrogen (secondary N) is 1. The van der Waals surface area contributed by atoms with Crippen LogP contribution in [0.15, 0.2) is 97.2 Å².